The van der Waals surface area contributed by atoms with Crippen molar-refractivity contribution in [2.45, 2.75) is 20.0 Å². The summed E-state index contributed by atoms with van der Waals surface area (Å²) in [6, 6.07) is 20.6. The van der Waals surface area contributed by atoms with Crippen molar-refractivity contribution >= 4 is 34.7 Å². The fraction of sp³-hybridized carbons (Fsp3) is 0.200. The van der Waals surface area contributed by atoms with Crippen molar-refractivity contribution in [2.24, 2.45) is 5.10 Å². The molecule has 0 aliphatic heterocycles. The molecule has 1 N–H and O–H groups in total. The first kappa shape index (κ1) is 23.6. The third kappa shape index (κ3) is 6.71. The van der Waals surface area contributed by atoms with E-state index in [-0.39, 0.29) is 5.91 Å². The van der Waals surface area contributed by atoms with E-state index >= 15 is 0 Å². The number of carbonyl (C=O) groups is 1. The van der Waals surface area contributed by atoms with Gasteiger partial charge in [-0.3, -0.25) is 4.79 Å². The predicted octanol–water partition coefficient (Wildman–Crippen LogP) is 5.43. The van der Waals surface area contributed by atoms with Crippen LogP contribution in [0.2, 0.25) is 0 Å². The maximum atomic E-state index is 12.3. The molecule has 0 fully saturated rings. The van der Waals surface area contributed by atoms with Crippen molar-refractivity contribution in [3.8, 4) is 17.2 Å². The zero-order chi connectivity index (χ0) is 22.8. The van der Waals surface area contributed by atoms with Gasteiger partial charge in [0.25, 0.3) is 5.91 Å². The Balaban J connectivity index is 1.62. The van der Waals surface area contributed by atoms with Gasteiger partial charge in [0, 0.05) is 5.56 Å². The molecule has 0 spiro atoms. The number of nitrogens with zero attached hydrogens (tertiary/aromatic N) is 1. The molecule has 0 atom stereocenters. The summed E-state index contributed by atoms with van der Waals surface area (Å²) in [5, 5.41) is 4.07. The van der Waals surface area contributed by atoms with Gasteiger partial charge < -0.3 is 14.2 Å². The molecule has 0 saturated heterocycles. The highest BCUT2D eigenvalue weighted by atomic mass is 127. The van der Waals surface area contributed by atoms with Gasteiger partial charge in [-0.1, -0.05) is 37.3 Å². The molecule has 0 radical (unpaired) electrons. The molecule has 32 heavy (non-hydrogen) atoms. The van der Waals surface area contributed by atoms with Crippen LogP contribution in [0.15, 0.2) is 71.8 Å². The van der Waals surface area contributed by atoms with Crippen LogP contribution < -0.4 is 19.6 Å². The van der Waals surface area contributed by atoms with Gasteiger partial charge in [-0.2, -0.15) is 5.10 Å². The highest BCUT2D eigenvalue weighted by Crippen LogP contribution is 2.34. The molecule has 0 unspecified atom stereocenters. The van der Waals surface area contributed by atoms with Crippen LogP contribution in [0, 0.1) is 3.57 Å². The molecule has 3 aromatic rings. The second-order valence-corrected chi connectivity index (χ2v) is 8.04. The Morgan fingerprint density at radius 3 is 2.50 bits per heavy atom. The normalized spacial score (nSPS) is 10.7. The van der Waals surface area contributed by atoms with Gasteiger partial charge in [0.2, 0.25) is 0 Å². The summed E-state index contributed by atoms with van der Waals surface area (Å²) in [6.07, 6.45) is 2.50. The minimum Gasteiger partial charge on any atom is -0.494 e. The van der Waals surface area contributed by atoms with Crippen LogP contribution >= 0.6 is 22.6 Å². The van der Waals surface area contributed by atoms with E-state index in [1.54, 1.807) is 37.6 Å². The molecule has 3 rings (SSSR count). The smallest absolute Gasteiger partial charge is 0.271 e. The lowest BCUT2D eigenvalue weighted by Gasteiger charge is -2.13. The first-order chi connectivity index (χ1) is 15.6. The molecule has 0 aliphatic rings. The second kappa shape index (κ2) is 12.1. The van der Waals surface area contributed by atoms with Crippen LogP contribution in [0.5, 0.6) is 17.2 Å². The van der Waals surface area contributed by atoms with Crippen LogP contribution in [0.25, 0.3) is 0 Å². The zero-order valence-electron chi connectivity index (χ0n) is 18.0. The van der Waals surface area contributed by atoms with E-state index in [9.17, 15) is 4.79 Å². The Morgan fingerprint density at radius 1 is 1.06 bits per heavy atom. The predicted molar refractivity (Wildman–Crippen MR) is 134 cm³/mol. The molecule has 0 aromatic heterocycles. The van der Waals surface area contributed by atoms with Crippen LogP contribution in [0.1, 0.15) is 34.8 Å². The Labute approximate surface area is 201 Å². The lowest BCUT2D eigenvalue weighted by atomic mass is 10.2. The van der Waals surface area contributed by atoms with Gasteiger partial charge in [0.15, 0.2) is 11.5 Å². The van der Waals surface area contributed by atoms with Crippen LogP contribution in [-0.4, -0.2) is 25.8 Å². The highest BCUT2D eigenvalue weighted by molar-refractivity contribution is 14.1. The average molecular weight is 544 g/mol. The van der Waals surface area contributed by atoms with Crippen LogP contribution in [0.3, 0.4) is 0 Å². The molecule has 0 saturated carbocycles. The summed E-state index contributed by atoms with van der Waals surface area (Å²) >= 11 is 2.20. The van der Waals surface area contributed by atoms with Gasteiger partial charge in [-0.15, -0.1) is 0 Å². The number of carbonyl (C=O) groups excluding carboxylic acids is 1. The minimum absolute atomic E-state index is 0.298. The quantitative estimate of drug-likeness (QED) is 0.210. The summed E-state index contributed by atoms with van der Waals surface area (Å²) in [6.45, 7) is 3.13. The summed E-state index contributed by atoms with van der Waals surface area (Å²) in [7, 11) is 1.59. The van der Waals surface area contributed by atoms with Crippen molar-refractivity contribution in [2.75, 3.05) is 13.7 Å². The number of hydrogen-bond acceptors (Lipinski definition) is 5. The number of halogens is 1. The number of rotatable bonds is 10. The maximum Gasteiger partial charge on any atom is 0.271 e. The Bertz CT molecular complexity index is 1050. The lowest BCUT2D eigenvalue weighted by molar-refractivity contribution is 0.0955. The van der Waals surface area contributed by atoms with Gasteiger partial charge in [-0.05, 0) is 76.5 Å². The molecular formula is C25H25IN2O4. The van der Waals surface area contributed by atoms with E-state index in [4.69, 9.17) is 14.2 Å². The topological polar surface area (TPSA) is 69.2 Å². The van der Waals surface area contributed by atoms with Crippen molar-refractivity contribution in [3.63, 3.8) is 0 Å². The first-order valence-corrected chi connectivity index (χ1v) is 11.3. The van der Waals surface area contributed by atoms with E-state index in [2.05, 4.69) is 33.1 Å². The van der Waals surface area contributed by atoms with Crippen LogP contribution in [-0.2, 0) is 6.61 Å². The number of hydrogen-bond donors (Lipinski definition) is 1. The van der Waals surface area contributed by atoms with Gasteiger partial charge in [0.1, 0.15) is 12.4 Å². The fourth-order valence-corrected chi connectivity index (χ4v) is 3.62. The van der Waals surface area contributed by atoms with E-state index in [1.165, 1.54) is 0 Å². The SMILES string of the molecule is CCCOc1ccc(C(=O)N/N=C/c2cc(I)c(OCc3ccccc3)c(OC)c2)cc1. The number of hydrazone groups is 1. The van der Waals surface area contributed by atoms with Crippen LogP contribution in [0.4, 0.5) is 0 Å². The van der Waals surface area contributed by atoms with Crippen molar-refractivity contribution in [1.82, 2.24) is 5.43 Å². The first-order valence-electron chi connectivity index (χ1n) is 10.2. The van der Waals surface area contributed by atoms with Crippen molar-refractivity contribution in [1.29, 1.82) is 0 Å². The summed E-state index contributed by atoms with van der Waals surface area (Å²) in [5.41, 5.74) is 4.90. The number of benzene rings is 3. The molecule has 0 heterocycles. The molecule has 3 aromatic carbocycles. The molecule has 0 bridgehead atoms. The second-order valence-electron chi connectivity index (χ2n) is 6.88. The highest BCUT2D eigenvalue weighted by Gasteiger charge is 2.12. The summed E-state index contributed by atoms with van der Waals surface area (Å²) in [4.78, 5) is 12.3. The van der Waals surface area contributed by atoms with E-state index < -0.39 is 0 Å². The summed E-state index contributed by atoms with van der Waals surface area (Å²) < 4.78 is 17.9. The summed E-state index contributed by atoms with van der Waals surface area (Å²) in [5.74, 6) is 1.71. The third-order valence-corrected chi connectivity index (χ3v) is 5.25. The fourth-order valence-electron chi connectivity index (χ4n) is 2.84. The van der Waals surface area contributed by atoms with Crippen molar-refractivity contribution in [3.05, 3.63) is 87.0 Å². The molecule has 6 nitrogen and oxygen atoms in total. The van der Waals surface area contributed by atoms with Gasteiger partial charge in [-0.25, -0.2) is 5.43 Å². The van der Waals surface area contributed by atoms with Crippen molar-refractivity contribution < 1.29 is 19.0 Å². The number of methoxy groups -OCH3 is 1. The standard InChI is InChI=1S/C25H25IN2O4/c1-3-13-31-21-11-9-20(10-12-21)25(29)28-27-16-19-14-22(26)24(23(15-19)30-2)32-17-18-7-5-4-6-8-18/h4-12,14-16H,3,13,17H2,1-2H3,(H,28,29)/b27-16+. The molecule has 0 aliphatic carbocycles. The van der Waals surface area contributed by atoms with Gasteiger partial charge in [0.05, 0.1) is 23.5 Å². The Morgan fingerprint density at radius 2 is 1.81 bits per heavy atom. The van der Waals surface area contributed by atoms with Gasteiger partial charge >= 0.3 is 0 Å². The maximum absolute atomic E-state index is 12.3. The Hall–Kier alpha value is -3.07. The minimum atomic E-state index is -0.298. The molecule has 166 valence electrons. The van der Waals surface area contributed by atoms with E-state index in [0.29, 0.717) is 30.3 Å². The number of nitrogens with one attached hydrogen (secondary N) is 1. The third-order valence-electron chi connectivity index (χ3n) is 4.45. The average Bonchev–Trinajstić information content (AvgIpc) is 2.82. The van der Waals surface area contributed by atoms with E-state index in [0.717, 1.165) is 26.9 Å². The molecule has 7 heteroatoms. The molecular weight excluding hydrogens is 519 g/mol. The zero-order valence-corrected chi connectivity index (χ0v) is 20.2. The lowest BCUT2D eigenvalue weighted by Crippen LogP contribution is -2.17. The monoisotopic (exact) mass is 544 g/mol. The molecule has 1 amide bonds. The van der Waals surface area contributed by atoms with E-state index in [1.807, 2.05) is 49.4 Å². The largest absolute Gasteiger partial charge is 0.494 e. The Kier molecular flexibility index (Phi) is 8.91. The number of ether oxygens (including phenoxy) is 3. The number of amides is 1.